The SMILES string of the molecule is CC/C=C/C/C=C/C/C=C/C/C=C/C/C=C/C/C=C/CCCCCCC(=O)OC(COCCC(C(=O)O)[N+](C)(C)C)COC(=O)CCCCCCC/C=C/C=C/C=C/C=C/C=C/CCC. The van der Waals surface area contributed by atoms with Gasteiger partial charge >= 0.3 is 17.9 Å². The van der Waals surface area contributed by atoms with Crippen LogP contribution in [0.15, 0.2) is 134 Å². The fraction of sp³-hybridized carbons (Fsp3) is 0.561. The van der Waals surface area contributed by atoms with Gasteiger partial charge in [-0.25, -0.2) is 4.79 Å². The minimum atomic E-state index is -0.890. The number of unbranched alkanes of at least 4 members (excludes halogenated alkanes) is 10. The molecule has 0 radical (unpaired) electrons. The molecular formula is C57H90NO7+. The van der Waals surface area contributed by atoms with E-state index in [0.717, 1.165) is 116 Å². The number of aliphatic carboxylic acids is 1. The molecule has 0 heterocycles. The Morgan fingerprint density at radius 1 is 0.492 bits per heavy atom. The van der Waals surface area contributed by atoms with Crippen LogP contribution in [0, 0.1) is 0 Å². The number of hydrogen-bond acceptors (Lipinski definition) is 6. The molecule has 65 heavy (non-hydrogen) atoms. The maximum Gasteiger partial charge on any atom is 0.362 e. The van der Waals surface area contributed by atoms with Gasteiger partial charge in [-0.15, -0.1) is 0 Å². The van der Waals surface area contributed by atoms with E-state index in [1.165, 1.54) is 6.42 Å². The van der Waals surface area contributed by atoms with Gasteiger partial charge in [0.1, 0.15) is 6.61 Å². The predicted octanol–water partition coefficient (Wildman–Crippen LogP) is 14.4. The molecule has 0 fully saturated rings. The fourth-order valence-electron chi connectivity index (χ4n) is 6.36. The van der Waals surface area contributed by atoms with E-state index in [4.69, 9.17) is 14.2 Å². The number of carboxylic acids is 1. The van der Waals surface area contributed by atoms with E-state index in [1.54, 1.807) is 0 Å². The smallest absolute Gasteiger partial charge is 0.362 e. The third-order valence-corrected chi connectivity index (χ3v) is 10.1. The zero-order valence-corrected chi connectivity index (χ0v) is 41.4. The van der Waals surface area contributed by atoms with Crippen molar-refractivity contribution in [3.8, 4) is 0 Å². The normalized spacial score (nSPS) is 14.0. The lowest BCUT2D eigenvalue weighted by Crippen LogP contribution is -2.50. The Morgan fingerprint density at radius 3 is 1.42 bits per heavy atom. The van der Waals surface area contributed by atoms with Crippen LogP contribution in [-0.2, 0) is 28.6 Å². The van der Waals surface area contributed by atoms with Crippen LogP contribution in [0.4, 0.5) is 0 Å². The van der Waals surface area contributed by atoms with Gasteiger partial charge in [-0.2, -0.15) is 0 Å². The topological polar surface area (TPSA) is 99.1 Å². The first-order chi connectivity index (χ1) is 31.6. The average Bonchev–Trinajstić information content (AvgIpc) is 3.27. The lowest BCUT2D eigenvalue weighted by atomic mass is 10.1. The zero-order valence-electron chi connectivity index (χ0n) is 41.4. The highest BCUT2D eigenvalue weighted by Crippen LogP contribution is 2.12. The first-order valence-corrected chi connectivity index (χ1v) is 24.8. The molecular weight excluding hydrogens is 811 g/mol. The molecule has 0 aromatic rings. The highest BCUT2D eigenvalue weighted by Gasteiger charge is 2.31. The summed E-state index contributed by atoms with van der Waals surface area (Å²) in [7, 11) is 5.50. The minimum Gasteiger partial charge on any atom is -0.477 e. The summed E-state index contributed by atoms with van der Waals surface area (Å²) in [4.78, 5) is 37.1. The molecule has 364 valence electrons. The molecule has 2 unspecified atom stereocenters. The maximum atomic E-state index is 12.8. The van der Waals surface area contributed by atoms with Crippen molar-refractivity contribution in [1.29, 1.82) is 0 Å². The van der Waals surface area contributed by atoms with Crippen molar-refractivity contribution in [1.82, 2.24) is 0 Å². The number of hydrogen-bond donors (Lipinski definition) is 1. The van der Waals surface area contributed by atoms with Crippen LogP contribution < -0.4 is 0 Å². The van der Waals surface area contributed by atoms with E-state index in [1.807, 2.05) is 57.6 Å². The van der Waals surface area contributed by atoms with Crippen molar-refractivity contribution in [3.05, 3.63) is 134 Å². The molecule has 0 aliphatic carbocycles. The Hall–Kier alpha value is -4.53. The molecule has 0 amide bonds. The number of likely N-dealkylation sites (N-methyl/N-ethyl adjacent to an activating group) is 1. The average molecular weight is 901 g/mol. The van der Waals surface area contributed by atoms with Crippen molar-refractivity contribution in [2.75, 3.05) is 41.0 Å². The number of carboxylic acid groups (broad SMARTS) is 1. The highest BCUT2D eigenvalue weighted by molar-refractivity contribution is 5.72. The summed E-state index contributed by atoms with van der Waals surface area (Å²) in [6.07, 6.45) is 66.3. The molecule has 8 nitrogen and oxygen atoms in total. The van der Waals surface area contributed by atoms with E-state index < -0.39 is 18.1 Å². The quantitative estimate of drug-likeness (QED) is 0.0214. The third kappa shape index (κ3) is 44.5. The molecule has 8 heteroatoms. The molecule has 0 aromatic heterocycles. The second-order valence-electron chi connectivity index (χ2n) is 17.1. The fourth-order valence-corrected chi connectivity index (χ4v) is 6.36. The van der Waals surface area contributed by atoms with Gasteiger partial charge in [0.2, 0.25) is 0 Å². The summed E-state index contributed by atoms with van der Waals surface area (Å²) in [6, 6.07) is -0.634. The lowest BCUT2D eigenvalue weighted by molar-refractivity contribution is -0.887. The van der Waals surface area contributed by atoms with Gasteiger partial charge in [0.25, 0.3) is 0 Å². The highest BCUT2D eigenvalue weighted by atomic mass is 16.6. The van der Waals surface area contributed by atoms with Crippen molar-refractivity contribution in [3.63, 3.8) is 0 Å². The summed E-state index contributed by atoms with van der Waals surface area (Å²) < 4.78 is 17.3. The third-order valence-electron chi connectivity index (χ3n) is 10.1. The Kier molecular flexibility index (Phi) is 42.8. The lowest BCUT2D eigenvalue weighted by Gasteiger charge is -2.31. The van der Waals surface area contributed by atoms with Crippen LogP contribution in [0.1, 0.15) is 155 Å². The summed E-state index contributed by atoms with van der Waals surface area (Å²) in [5.74, 6) is -1.55. The number of quaternary nitrogens is 1. The van der Waals surface area contributed by atoms with Gasteiger partial charge in [-0.05, 0) is 83.5 Å². The largest absolute Gasteiger partial charge is 0.477 e. The van der Waals surface area contributed by atoms with E-state index in [2.05, 4.69) is 111 Å². The van der Waals surface area contributed by atoms with Crippen LogP contribution in [0.25, 0.3) is 0 Å². The van der Waals surface area contributed by atoms with E-state index in [0.29, 0.717) is 12.8 Å². The Balaban J connectivity index is 4.42. The van der Waals surface area contributed by atoms with Crippen LogP contribution in [0.2, 0.25) is 0 Å². The molecule has 0 saturated carbocycles. The van der Waals surface area contributed by atoms with Crippen LogP contribution in [-0.4, -0.2) is 80.6 Å². The molecule has 0 aliphatic rings. The number of esters is 2. The molecule has 0 rings (SSSR count). The predicted molar refractivity (Wildman–Crippen MR) is 275 cm³/mol. The summed E-state index contributed by atoms with van der Waals surface area (Å²) in [6.45, 7) is 4.45. The number of allylic oxidation sites excluding steroid dienone is 22. The maximum absolute atomic E-state index is 12.8. The van der Waals surface area contributed by atoms with Gasteiger partial charge in [0.15, 0.2) is 12.1 Å². The number of nitrogens with zero attached hydrogens (tertiary/aromatic N) is 1. The number of rotatable bonds is 42. The number of carbonyl (C=O) groups is 3. The van der Waals surface area contributed by atoms with Crippen molar-refractivity contribution in [2.24, 2.45) is 0 Å². The first kappa shape index (κ1) is 60.5. The second kappa shape index (κ2) is 46.0. The summed E-state index contributed by atoms with van der Waals surface area (Å²) in [5, 5.41) is 9.65. The Bertz CT molecular complexity index is 1520. The number of carbonyl (C=O) groups excluding carboxylic acids is 2. The van der Waals surface area contributed by atoms with Crippen LogP contribution >= 0.6 is 0 Å². The van der Waals surface area contributed by atoms with Gasteiger partial charge in [0, 0.05) is 19.3 Å². The summed E-state index contributed by atoms with van der Waals surface area (Å²) in [5.41, 5.74) is 0. The van der Waals surface area contributed by atoms with E-state index in [-0.39, 0.29) is 42.7 Å². The molecule has 0 saturated heterocycles. The van der Waals surface area contributed by atoms with E-state index in [9.17, 15) is 19.5 Å². The van der Waals surface area contributed by atoms with Crippen LogP contribution in [0.3, 0.4) is 0 Å². The molecule has 0 aliphatic heterocycles. The molecule has 0 aromatic carbocycles. The van der Waals surface area contributed by atoms with Crippen molar-refractivity contribution >= 4 is 17.9 Å². The van der Waals surface area contributed by atoms with Gasteiger partial charge in [0.05, 0.1) is 34.4 Å². The Labute approximate surface area is 396 Å². The van der Waals surface area contributed by atoms with Gasteiger partial charge < -0.3 is 23.8 Å². The minimum absolute atomic E-state index is 0.0315. The van der Waals surface area contributed by atoms with Crippen LogP contribution in [0.5, 0.6) is 0 Å². The molecule has 0 bridgehead atoms. The van der Waals surface area contributed by atoms with Crippen molar-refractivity contribution in [2.45, 2.75) is 167 Å². The monoisotopic (exact) mass is 901 g/mol. The molecule has 1 N–H and O–H groups in total. The van der Waals surface area contributed by atoms with Crippen molar-refractivity contribution < 1.29 is 38.2 Å². The van der Waals surface area contributed by atoms with E-state index >= 15 is 0 Å². The number of ether oxygens (including phenoxy) is 3. The zero-order chi connectivity index (χ0) is 47.7. The Morgan fingerprint density at radius 2 is 0.923 bits per heavy atom. The standard InChI is InChI=1S/C57H89NO7/c1-6-8-10-12-14-16-18-20-22-24-26-27-28-29-30-32-34-36-38-40-42-44-46-48-56(60)65-53(51-63-50-49-54(57(61)62)58(3,4)5)52-64-55(59)47-45-43-41-39-37-35-33-31-25-23-21-19-17-15-13-11-9-7-2/h8,10-11,13-17,19-23,25-27,29-31,33-34,36,53-54H,6-7,9,12,18,24,28,32,35,37-52H2,1-5H3/p+1/b10-8+,13-11+,16-14+,17-15+,21-19+,22-20+,25-23+,27-26+,30-29+,33-31+,36-34+. The second-order valence-corrected chi connectivity index (χ2v) is 17.1. The summed E-state index contributed by atoms with van der Waals surface area (Å²) >= 11 is 0. The first-order valence-electron chi connectivity index (χ1n) is 24.8. The molecule has 0 spiro atoms. The molecule has 2 atom stereocenters. The van der Waals surface area contributed by atoms with Gasteiger partial charge in [-0.1, -0.05) is 186 Å². The van der Waals surface area contributed by atoms with Gasteiger partial charge in [-0.3, -0.25) is 9.59 Å².